The average Bonchev–Trinajstić information content (AvgIpc) is 2.50. The van der Waals surface area contributed by atoms with Crippen molar-refractivity contribution < 1.29 is 24.5 Å². The van der Waals surface area contributed by atoms with E-state index in [-0.39, 0.29) is 30.2 Å². The predicted molar refractivity (Wildman–Crippen MR) is 61.5 cm³/mol. The van der Waals surface area contributed by atoms with Crippen LogP contribution in [0.2, 0.25) is 0 Å². The quantitative estimate of drug-likeness (QED) is 0.681. The Morgan fingerprint density at radius 3 is 2.61 bits per heavy atom. The summed E-state index contributed by atoms with van der Waals surface area (Å²) in [5.74, 6) is -2.05. The maximum atomic E-state index is 11.9. The van der Waals surface area contributed by atoms with Crippen LogP contribution in [-0.4, -0.2) is 52.9 Å². The molecule has 2 heterocycles. The van der Waals surface area contributed by atoms with Crippen LogP contribution in [0.4, 0.5) is 0 Å². The number of aliphatic carboxylic acids is 1. The van der Waals surface area contributed by atoms with Crippen LogP contribution in [0.25, 0.3) is 0 Å². The molecule has 0 saturated carbocycles. The second-order valence-electron chi connectivity index (χ2n) is 4.87. The Morgan fingerprint density at radius 1 is 1.56 bits per heavy atom. The number of methoxy groups -OCH3 is 1. The van der Waals surface area contributed by atoms with Gasteiger partial charge in [-0.05, 0) is 12.5 Å². The number of ether oxygens (including phenoxy) is 1. The van der Waals surface area contributed by atoms with Crippen molar-refractivity contribution in [3.63, 3.8) is 0 Å². The van der Waals surface area contributed by atoms with E-state index in [1.807, 2.05) is 6.92 Å². The normalized spacial score (nSPS) is 32.3. The summed E-state index contributed by atoms with van der Waals surface area (Å²) in [7, 11) is 1.49. The summed E-state index contributed by atoms with van der Waals surface area (Å²) < 4.78 is 5.01. The maximum Gasteiger partial charge on any atom is 0.352 e. The molecule has 0 aliphatic carbocycles. The Labute approximate surface area is 105 Å². The predicted octanol–water partition coefficient (Wildman–Crippen LogP) is -0.171. The van der Waals surface area contributed by atoms with E-state index in [1.165, 1.54) is 12.0 Å². The first-order chi connectivity index (χ1) is 8.41. The number of carboxylic acids is 1. The third-order valence-electron chi connectivity index (χ3n) is 3.82. The molecule has 100 valence electrons. The SMILES string of the molecule is COCC1=C(C(=O)O)N2C(=O)[C@H]([C@@H](C)O)[C@H]2[C@H]1C. The Hall–Kier alpha value is -1.40. The molecule has 0 radical (unpaired) electrons. The fourth-order valence-electron chi connectivity index (χ4n) is 2.99. The van der Waals surface area contributed by atoms with Gasteiger partial charge in [0.05, 0.1) is 24.7 Å². The lowest BCUT2D eigenvalue weighted by molar-refractivity contribution is -0.163. The summed E-state index contributed by atoms with van der Waals surface area (Å²) in [6, 6.07) is -0.256. The number of aliphatic hydroxyl groups is 1. The zero-order valence-corrected chi connectivity index (χ0v) is 10.6. The zero-order valence-electron chi connectivity index (χ0n) is 10.6. The first kappa shape index (κ1) is 13.0. The molecular weight excluding hydrogens is 238 g/mol. The number of aliphatic hydroxyl groups excluding tert-OH is 1. The van der Waals surface area contributed by atoms with Gasteiger partial charge in [-0.3, -0.25) is 4.79 Å². The van der Waals surface area contributed by atoms with Crippen molar-refractivity contribution in [1.82, 2.24) is 4.90 Å². The van der Waals surface area contributed by atoms with Gasteiger partial charge in [0.2, 0.25) is 5.91 Å². The molecule has 0 aromatic heterocycles. The van der Waals surface area contributed by atoms with Crippen LogP contribution < -0.4 is 0 Å². The van der Waals surface area contributed by atoms with Crippen molar-refractivity contribution in [2.24, 2.45) is 11.8 Å². The van der Waals surface area contributed by atoms with Crippen LogP contribution in [0.5, 0.6) is 0 Å². The Balaban J connectivity index is 2.37. The minimum absolute atomic E-state index is 0.0243. The second-order valence-corrected chi connectivity index (χ2v) is 4.87. The van der Waals surface area contributed by atoms with Crippen molar-refractivity contribution in [2.45, 2.75) is 26.0 Å². The van der Waals surface area contributed by atoms with E-state index in [0.29, 0.717) is 5.57 Å². The lowest BCUT2D eigenvalue weighted by Crippen LogP contribution is -2.63. The fourth-order valence-corrected chi connectivity index (χ4v) is 2.99. The number of fused-ring (bicyclic) bond motifs is 1. The van der Waals surface area contributed by atoms with Gasteiger partial charge in [0, 0.05) is 13.0 Å². The molecule has 18 heavy (non-hydrogen) atoms. The van der Waals surface area contributed by atoms with Gasteiger partial charge >= 0.3 is 5.97 Å². The van der Waals surface area contributed by atoms with E-state index >= 15 is 0 Å². The number of rotatable bonds is 4. The van der Waals surface area contributed by atoms with Crippen molar-refractivity contribution >= 4 is 11.9 Å². The van der Waals surface area contributed by atoms with Crippen LogP contribution in [0.15, 0.2) is 11.3 Å². The number of carboxylic acid groups (broad SMARTS) is 1. The third-order valence-corrected chi connectivity index (χ3v) is 3.82. The van der Waals surface area contributed by atoms with E-state index in [0.717, 1.165) is 0 Å². The summed E-state index contributed by atoms with van der Waals surface area (Å²) in [6.45, 7) is 3.61. The number of amides is 1. The van der Waals surface area contributed by atoms with Crippen molar-refractivity contribution in [3.8, 4) is 0 Å². The van der Waals surface area contributed by atoms with Crippen LogP contribution in [0, 0.1) is 11.8 Å². The molecule has 2 aliphatic rings. The summed E-state index contributed by atoms with van der Waals surface area (Å²) in [5.41, 5.74) is 0.641. The molecule has 1 fully saturated rings. The van der Waals surface area contributed by atoms with Crippen LogP contribution in [-0.2, 0) is 14.3 Å². The Bertz CT molecular complexity index is 428. The number of nitrogens with zero attached hydrogens (tertiary/aromatic N) is 1. The molecule has 6 heteroatoms. The fraction of sp³-hybridized carbons (Fsp3) is 0.667. The minimum atomic E-state index is -1.12. The maximum absolute atomic E-state index is 11.9. The first-order valence-electron chi connectivity index (χ1n) is 5.88. The summed E-state index contributed by atoms with van der Waals surface area (Å²) in [4.78, 5) is 24.5. The second kappa shape index (κ2) is 4.37. The van der Waals surface area contributed by atoms with Gasteiger partial charge in [-0.2, -0.15) is 0 Å². The number of carbonyl (C=O) groups is 2. The lowest BCUT2D eigenvalue weighted by atomic mass is 9.78. The highest BCUT2D eigenvalue weighted by Crippen LogP contribution is 2.46. The number of hydrogen-bond acceptors (Lipinski definition) is 4. The van der Waals surface area contributed by atoms with Crippen molar-refractivity contribution in [1.29, 1.82) is 0 Å². The summed E-state index contributed by atoms with van der Waals surface area (Å²) in [6.07, 6.45) is -0.766. The molecule has 2 rings (SSSR count). The van der Waals surface area contributed by atoms with E-state index in [2.05, 4.69) is 0 Å². The molecule has 0 aromatic rings. The van der Waals surface area contributed by atoms with Gasteiger partial charge in [-0.1, -0.05) is 6.92 Å². The van der Waals surface area contributed by atoms with Gasteiger partial charge < -0.3 is 19.8 Å². The van der Waals surface area contributed by atoms with Gasteiger partial charge in [0.1, 0.15) is 5.70 Å². The molecule has 0 spiro atoms. The van der Waals surface area contributed by atoms with Gasteiger partial charge in [-0.15, -0.1) is 0 Å². The van der Waals surface area contributed by atoms with Crippen LogP contribution >= 0.6 is 0 Å². The van der Waals surface area contributed by atoms with E-state index in [4.69, 9.17) is 4.74 Å². The minimum Gasteiger partial charge on any atom is -0.477 e. The number of hydrogen-bond donors (Lipinski definition) is 2. The van der Waals surface area contributed by atoms with Gasteiger partial charge in [0.25, 0.3) is 0 Å². The lowest BCUT2D eigenvalue weighted by Gasteiger charge is -2.46. The summed E-state index contributed by atoms with van der Waals surface area (Å²) >= 11 is 0. The third kappa shape index (κ3) is 1.56. The summed E-state index contributed by atoms with van der Waals surface area (Å²) in [5, 5.41) is 18.8. The van der Waals surface area contributed by atoms with E-state index in [1.54, 1.807) is 6.92 Å². The number of carbonyl (C=O) groups excluding carboxylic acids is 1. The van der Waals surface area contributed by atoms with Crippen molar-refractivity contribution in [2.75, 3.05) is 13.7 Å². The molecule has 6 nitrogen and oxygen atoms in total. The molecule has 0 bridgehead atoms. The number of β-lactam (4-membered cyclic amide) rings is 1. The topological polar surface area (TPSA) is 87.1 Å². The van der Waals surface area contributed by atoms with Gasteiger partial charge in [0.15, 0.2) is 0 Å². The molecule has 0 aromatic carbocycles. The molecule has 4 atom stereocenters. The standard InChI is InChI=1S/C12H17NO5/c1-5-7(4-18-3)10(12(16)17)13-9(5)8(6(2)14)11(13)15/h5-6,8-9,14H,4H2,1-3H3,(H,16,17)/t5-,6+,8+,9+/m0/s1. The zero-order chi connectivity index (χ0) is 13.6. The van der Waals surface area contributed by atoms with E-state index in [9.17, 15) is 19.8 Å². The smallest absolute Gasteiger partial charge is 0.352 e. The highest BCUT2D eigenvalue weighted by molar-refractivity contribution is 6.00. The Morgan fingerprint density at radius 2 is 2.17 bits per heavy atom. The average molecular weight is 255 g/mol. The van der Waals surface area contributed by atoms with Crippen molar-refractivity contribution in [3.05, 3.63) is 11.3 Å². The molecule has 2 N–H and O–H groups in total. The van der Waals surface area contributed by atoms with Crippen LogP contribution in [0.1, 0.15) is 13.8 Å². The monoisotopic (exact) mass is 255 g/mol. The molecule has 0 unspecified atom stereocenters. The van der Waals surface area contributed by atoms with Crippen LogP contribution in [0.3, 0.4) is 0 Å². The first-order valence-corrected chi connectivity index (χ1v) is 5.88. The molecule has 2 aliphatic heterocycles. The van der Waals surface area contributed by atoms with E-state index < -0.39 is 18.0 Å². The molecule has 1 amide bonds. The van der Waals surface area contributed by atoms with Gasteiger partial charge in [-0.25, -0.2) is 4.79 Å². The highest BCUT2D eigenvalue weighted by atomic mass is 16.5. The molecular formula is C12H17NO5. The Kier molecular flexibility index (Phi) is 3.16. The largest absolute Gasteiger partial charge is 0.477 e. The highest BCUT2D eigenvalue weighted by Gasteiger charge is 2.59. The molecule has 1 saturated heterocycles.